The summed E-state index contributed by atoms with van der Waals surface area (Å²) in [4.78, 5) is 28.7. The number of hydrogen-bond donors (Lipinski definition) is 0. The standard InChI is InChI=1S/C18H15ClN4O3/c1-11-9-23(14-4-2-3-13(19)8-14)17(24)10-22(11)18(25)12-5-6-15-16(7-12)21-26-20-15/h2-8,11H,9-10H2,1H3. The molecule has 0 bridgehead atoms. The van der Waals surface area contributed by atoms with Crippen LogP contribution < -0.4 is 4.90 Å². The van der Waals surface area contributed by atoms with Crippen molar-refractivity contribution in [2.75, 3.05) is 18.0 Å². The molecule has 1 saturated heterocycles. The van der Waals surface area contributed by atoms with E-state index in [1.165, 1.54) is 0 Å². The third-order valence-electron chi connectivity index (χ3n) is 4.47. The molecule has 1 aliphatic rings. The Kier molecular flexibility index (Phi) is 4.08. The van der Waals surface area contributed by atoms with Gasteiger partial charge in [0.25, 0.3) is 5.91 Å². The predicted octanol–water partition coefficient (Wildman–Crippen LogP) is 2.75. The number of rotatable bonds is 2. The molecule has 4 rings (SSSR count). The minimum atomic E-state index is -0.221. The summed E-state index contributed by atoms with van der Waals surface area (Å²) in [6.07, 6.45) is 0. The first-order valence-corrected chi connectivity index (χ1v) is 8.50. The number of nitrogens with zero attached hydrogens (tertiary/aromatic N) is 4. The van der Waals surface area contributed by atoms with Crippen molar-refractivity contribution in [3.05, 3.63) is 53.1 Å². The fraction of sp³-hybridized carbons (Fsp3) is 0.222. The van der Waals surface area contributed by atoms with Gasteiger partial charge in [-0.2, -0.15) is 0 Å². The second-order valence-electron chi connectivity index (χ2n) is 6.23. The summed E-state index contributed by atoms with van der Waals surface area (Å²) in [5, 5.41) is 8.05. The molecule has 0 aliphatic carbocycles. The van der Waals surface area contributed by atoms with E-state index in [-0.39, 0.29) is 24.4 Å². The summed E-state index contributed by atoms with van der Waals surface area (Å²) in [5.74, 6) is -0.371. The number of halogens is 1. The van der Waals surface area contributed by atoms with Crippen LogP contribution in [0, 0.1) is 0 Å². The van der Waals surface area contributed by atoms with Crippen LogP contribution in [0.25, 0.3) is 11.0 Å². The van der Waals surface area contributed by atoms with Gasteiger partial charge in [0.2, 0.25) is 5.91 Å². The topological polar surface area (TPSA) is 79.5 Å². The molecule has 0 N–H and O–H groups in total. The Hall–Kier alpha value is -2.93. The van der Waals surface area contributed by atoms with Gasteiger partial charge in [-0.15, -0.1) is 0 Å². The Balaban J connectivity index is 1.57. The summed E-state index contributed by atoms with van der Waals surface area (Å²) in [7, 11) is 0. The molecule has 2 heterocycles. The Bertz CT molecular complexity index is 1000. The van der Waals surface area contributed by atoms with Crippen LogP contribution in [0.1, 0.15) is 17.3 Å². The molecule has 26 heavy (non-hydrogen) atoms. The lowest BCUT2D eigenvalue weighted by molar-refractivity contribution is -0.121. The quantitative estimate of drug-likeness (QED) is 0.693. The molecule has 1 aliphatic heterocycles. The van der Waals surface area contributed by atoms with Gasteiger partial charge in [-0.1, -0.05) is 17.7 Å². The van der Waals surface area contributed by atoms with Crippen LogP contribution in [-0.4, -0.2) is 46.2 Å². The van der Waals surface area contributed by atoms with Crippen LogP contribution in [0.15, 0.2) is 47.1 Å². The molecule has 0 spiro atoms. The number of carbonyl (C=O) groups excluding carboxylic acids is 2. The van der Waals surface area contributed by atoms with E-state index in [1.54, 1.807) is 46.2 Å². The monoisotopic (exact) mass is 370 g/mol. The van der Waals surface area contributed by atoms with Crippen LogP contribution in [0.3, 0.4) is 0 Å². The summed E-state index contributed by atoms with van der Waals surface area (Å²) >= 11 is 6.02. The summed E-state index contributed by atoms with van der Waals surface area (Å²) in [6.45, 7) is 2.32. The fourth-order valence-electron chi connectivity index (χ4n) is 3.10. The molecule has 2 amide bonds. The smallest absolute Gasteiger partial charge is 0.254 e. The number of anilines is 1. The lowest BCUT2D eigenvalue weighted by atomic mass is 10.1. The molecule has 1 aromatic heterocycles. The second-order valence-corrected chi connectivity index (χ2v) is 6.67. The first kappa shape index (κ1) is 16.5. The van der Waals surface area contributed by atoms with Crippen molar-refractivity contribution in [3.8, 4) is 0 Å². The molecule has 3 aromatic rings. The maximum absolute atomic E-state index is 12.9. The minimum Gasteiger partial charge on any atom is -0.325 e. The zero-order valence-corrected chi connectivity index (χ0v) is 14.7. The Morgan fingerprint density at radius 1 is 1.19 bits per heavy atom. The zero-order valence-electron chi connectivity index (χ0n) is 13.9. The molecule has 8 heteroatoms. The highest BCUT2D eigenvalue weighted by atomic mass is 35.5. The van der Waals surface area contributed by atoms with Gasteiger partial charge in [-0.25, -0.2) is 4.63 Å². The number of amides is 2. The molecular formula is C18H15ClN4O3. The van der Waals surface area contributed by atoms with E-state index in [2.05, 4.69) is 14.9 Å². The second kappa shape index (κ2) is 6.42. The van der Waals surface area contributed by atoms with E-state index in [0.717, 1.165) is 5.69 Å². The maximum atomic E-state index is 12.9. The number of carbonyl (C=O) groups is 2. The molecule has 7 nitrogen and oxygen atoms in total. The largest absolute Gasteiger partial charge is 0.325 e. The Labute approximate surface area is 154 Å². The summed E-state index contributed by atoms with van der Waals surface area (Å²) in [6, 6.07) is 11.9. The molecular weight excluding hydrogens is 356 g/mol. The highest BCUT2D eigenvalue weighted by Gasteiger charge is 2.33. The molecule has 2 aromatic carbocycles. The highest BCUT2D eigenvalue weighted by Crippen LogP contribution is 2.24. The van der Waals surface area contributed by atoms with E-state index in [1.807, 2.05) is 13.0 Å². The van der Waals surface area contributed by atoms with Gasteiger partial charge in [0, 0.05) is 28.9 Å². The van der Waals surface area contributed by atoms with Crippen molar-refractivity contribution in [2.45, 2.75) is 13.0 Å². The van der Waals surface area contributed by atoms with Crippen molar-refractivity contribution < 1.29 is 14.2 Å². The molecule has 0 saturated carbocycles. The minimum absolute atomic E-state index is 0.00160. The van der Waals surface area contributed by atoms with Gasteiger partial charge in [-0.3, -0.25) is 9.59 Å². The SMILES string of the molecule is CC1CN(c2cccc(Cl)c2)C(=O)CN1C(=O)c1ccc2nonc2c1. The number of fused-ring (bicyclic) bond motifs is 1. The molecule has 1 unspecified atom stereocenters. The van der Waals surface area contributed by atoms with Gasteiger partial charge in [0.1, 0.15) is 17.6 Å². The summed E-state index contributed by atoms with van der Waals surface area (Å²) in [5.41, 5.74) is 2.27. The third kappa shape index (κ3) is 2.90. The lowest BCUT2D eigenvalue weighted by Crippen LogP contribution is -2.57. The predicted molar refractivity (Wildman–Crippen MR) is 96.1 cm³/mol. The van der Waals surface area contributed by atoms with Gasteiger partial charge in [0.05, 0.1) is 0 Å². The zero-order chi connectivity index (χ0) is 18.3. The number of hydrogen-bond acceptors (Lipinski definition) is 5. The van der Waals surface area contributed by atoms with Gasteiger partial charge in [-0.05, 0) is 53.6 Å². The van der Waals surface area contributed by atoms with E-state index < -0.39 is 0 Å². The summed E-state index contributed by atoms with van der Waals surface area (Å²) < 4.78 is 4.66. The average Bonchev–Trinajstić information content (AvgIpc) is 3.10. The fourth-order valence-corrected chi connectivity index (χ4v) is 3.28. The Morgan fingerprint density at radius 2 is 2.00 bits per heavy atom. The van der Waals surface area contributed by atoms with Gasteiger partial charge >= 0.3 is 0 Å². The van der Waals surface area contributed by atoms with Crippen LogP contribution >= 0.6 is 11.6 Å². The van der Waals surface area contributed by atoms with E-state index >= 15 is 0 Å². The Morgan fingerprint density at radius 3 is 2.81 bits per heavy atom. The van der Waals surface area contributed by atoms with Crippen molar-refractivity contribution in [3.63, 3.8) is 0 Å². The average molecular weight is 371 g/mol. The first-order valence-electron chi connectivity index (χ1n) is 8.12. The number of aromatic nitrogens is 2. The van der Waals surface area contributed by atoms with Crippen molar-refractivity contribution in [1.82, 2.24) is 15.2 Å². The van der Waals surface area contributed by atoms with Crippen molar-refractivity contribution in [2.24, 2.45) is 0 Å². The van der Waals surface area contributed by atoms with Gasteiger partial charge in [0.15, 0.2) is 0 Å². The van der Waals surface area contributed by atoms with Crippen LogP contribution in [0.4, 0.5) is 5.69 Å². The molecule has 1 fully saturated rings. The van der Waals surface area contributed by atoms with E-state index in [0.29, 0.717) is 28.2 Å². The molecule has 0 radical (unpaired) electrons. The highest BCUT2D eigenvalue weighted by molar-refractivity contribution is 6.31. The number of benzene rings is 2. The third-order valence-corrected chi connectivity index (χ3v) is 4.70. The number of piperazine rings is 1. The normalized spacial score (nSPS) is 17.8. The van der Waals surface area contributed by atoms with E-state index in [4.69, 9.17) is 11.6 Å². The van der Waals surface area contributed by atoms with E-state index in [9.17, 15) is 9.59 Å². The van der Waals surface area contributed by atoms with Crippen LogP contribution in [0.2, 0.25) is 5.02 Å². The maximum Gasteiger partial charge on any atom is 0.254 e. The lowest BCUT2D eigenvalue weighted by Gasteiger charge is -2.39. The van der Waals surface area contributed by atoms with Crippen LogP contribution in [0.5, 0.6) is 0 Å². The molecule has 1 atom stereocenters. The van der Waals surface area contributed by atoms with Crippen molar-refractivity contribution in [1.29, 1.82) is 0 Å². The molecule has 132 valence electrons. The first-order chi connectivity index (χ1) is 12.5. The van der Waals surface area contributed by atoms with Crippen LogP contribution in [-0.2, 0) is 4.79 Å². The van der Waals surface area contributed by atoms with Gasteiger partial charge < -0.3 is 9.80 Å². The van der Waals surface area contributed by atoms with Crippen molar-refractivity contribution >= 4 is 40.1 Å².